The summed E-state index contributed by atoms with van der Waals surface area (Å²) in [5.41, 5.74) is 5.28. The van der Waals surface area contributed by atoms with Gasteiger partial charge in [-0.05, 0) is 37.8 Å². The smallest absolute Gasteiger partial charge is 0.235 e. The van der Waals surface area contributed by atoms with Gasteiger partial charge in [-0.15, -0.1) is 10.2 Å². The van der Waals surface area contributed by atoms with Crippen LogP contribution in [0.15, 0.2) is 28.0 Å². The van der Waals surface area contributed by atoms with Gasteiger partial charge >= 0.3 is 0 Å². The Morgan fingerprint density at radius 3 is 2.75 bits per heavy atom. The van der Waals surface area contributed by atoms with Gasteiger partial charge < -0.3 is 15.1 Å². The van der Waals surface area contributed by atoms with Gasteiger partial charge in [0.2, 0.25) is 11.8 Å². The molecule has 9 heteroatoms. The van der Waals surface area contributed by atoms with Crippen LogP contribution in [-0.2, 0) is 22.6 Å². The Bertz CT molecular complexity index is 797. The number of hydrogen-bond donors (Lipinski definition) is 1. The second-order valence-corrected chi connectivity index (χ2v) is 8.61. The lowest BCUT2D eigenvalue weighted by Gasteiger charge is -2.31. The van der Waals surface area contributed by atoms with Crippen LogP contribution in [0.3, 0.4) is 0 Å². The van der Waals surface area contributed by atoms with Gasteiger partial charge in [-0.2, -0.15) is 0 Å². The number of aromatic nitrogens is 3. The van der Waals surface area contributed by atoms with Crippen LogP contribution in [0.25, 0.3) is 0 Å². The van der Waals surface area contributed by atoms with Crippen molar-refractivity contribution < 1.29 is 14.0 Å². The van der Waals surface area contributed by atoms with Crippen LogP contribution >= 0.6 is 11.8 Å². The van der Waals surface area contributed by atoms with Crippen LogP contribution in [-0.4, -0.2) is 49.8 Å². The molecule has 2 N–H and O–H groups in total. The maximum Gasteiger partial charge on any atom is 0.235 e. The van der Waals surface area contributed by atoms with Gasteiger partial charge in [-0.25, -0.2) is 0 Å². The summed E-state index contributed by atoms with van der Waals surface area (Å²) >= 11 is 1.39. The minimum atomic E-state index is -0.385. The van der Waals surface area contributed by atoms with Crippen LogP contribution in [0.5, 0.6) is 0 Å². The highest BCUT2D eigenvalue weighted by Crippen LogP contribution is 2.27. The Labute approximate surface area is 168 Å². The predicted octanol–water partition coefficient (Wildman–Crippen LogP) is 2.08. The topological polar surface area (TPSA) is 107 Å². The van der Waals surface area contributed by atoms with Gasteiger partial charge in [0.05, 0.1) is 18.1 Å². The molecule has 2 amide bonds. The zero-order valence-electron chi connectivity index (χ0n) is 16.3. The van der Waals surface area contributed by atoms with Crippen molar-refractivity contribution in [2.24, 2.45) is 11.7 Å². The number of furan rings is 1. The number of primary amides is 1. The van der Waals surface area contributed by atoms with Crippen LogP contribution < -0.4 is 5.73 Å². The molecule has 3 rings (SSSR count). The molecule has 8 nitrogen and oxygen atoms in total. The molecule has 0 aliphatic carbocycles. The fourth-order valence-corrected chi connectivity index (χ4v) is 4.19. The molecule has 1 aliphatic rings. The molecular formula is C19H27N5O3S. The Morgan fingerprint density at radius 1 is 1.36 bits per heavy atom. The van der Waals surface area contributed by atoms with Crippen molar-refractivity contribution in [3.8, 4) is 0 Å². The van der Waals surface area contributed by atoms with Crippen molar-refractivity contribution in [1.82, 2.24) is 19.7 Å². The quantitative estimate of drug-likeness (QED) is 0.674. The number of hydrogen-bond acceptors (Lipinski definition) is 6. The molecule has 3 heterocycles. The first kappa shape index (κ1) is 20.4. The predicted molar refractivity (Wildman–Crippen MR) is 106 cm³/mol. The maximum absolute atomic E-state index is 12.8. The summed E-state index contributed by atoms with van der Waals surface area (Å²) in [5.74, 6) is 1.83. The summed E-state index contributed by atoms with van der Waals surface area (Å²) in [6, 6.07) is 3.69. The summed E-state index contributed by atoms with van der Waals surface area (Å²) in [5, 5.41) is 8.86. The van der Waals surface area contributed by atoms with Gasteiger partial charge in [-0.1, -0.05) is 18.7 Å². The summed E-state index contributed by atoms with van der Waals surface area (Å²) in [4.78, 5) is 25.9. The van der Waals surface area contributed by atoms with Gasteiger partial charge in [0.25, 0.3) is 0 Å². The van der Waals surface area contributed by atoms with E-state index < -0.39 is 0 Å². The van der Waals surface area contributed by atoms with E-state index in [1.165, 1.54) is 11.8 Å². The standard InChI is InChI=1S/C19H27N5O3S/c1-13-7-9-23(10-8-13)18(26)14(2)28-19-22-21-17(6-5-16(20)25)24(19)12-15-4-3-11-27-15/h3-4,11,13-14H,5-10,12H2,1-2H3,(H2,20,25). The SMILES string of the molecule is CC1CCN(C(=O)C(C)Sc2nnc(CCC(N)=O)n2Cc2ccco2)CC1. The lowest BCUT2D eigenvalue weighted by atomic mass is 9.99. The Kier molecular flexibility index (Phi) is 6.77. The highest BCUT2D eigenvalue weighted by atomic mass is 32.2. The molecule has 0 radical (unpaired) electrons. The number of rotatable bonds is 8. The molecule has 0 saturated carbocycles. The molecule has 1 fully saturated rings. The largest absolute Gasteiger partial charge is 0.467 e. The highest BCUT2D eigenvalue weighted by molar-refractivity contribution is 8.00. The molecule has 0 bridgehead atoms. The lowest BCUT2D eigenvalue weighted by molar-refractivity contribution is -0.131. The second-order valence-electron chi connectivity index (χ2n) is 7.30. The van der Waals surface area contributed by atoms with Crippen molar-refractivity contribution in [3.63, 3.8) is 0 Å². The number of amides is 2. The number of nitrogens with zero attached hydrogens (tertiary/aromatic N) is 4. The van der Waals surface area contributed by atoms with Crippen LogP contribution in [0.2, 0.25) is 0 Å². The number of piperidine rings is 1. The molecule has 1 aliphatic heterocycles. The normalized spacial score (nSPS) is 16.3. The third-order valence-corrected chi connectivity index (χ3v) is 6.08. The molecule has 1 saturated heterocycles. The molecule has 152 valence electrons. The molecule has 28 heavy (non-hydrogen) atoms. The number of thioether (sulfide) groups is 1. The number of likely N-dealkylation sites (tertiary alicyclic amines) is 1. The molecule has 0 aromatic carbocycles. The van der Waals surface area contributed by atoms with Crippen LogP contribution in [0, 0.1) is 5.92 Å². The van der Waals surface area contributed by atoms with Gasteiger partial charge in [0.1, 0.15) is 11.6 Å². The summed E-state index contributed by atoms with van der Waals surface area (Å²) in [6.07, 6.45) is 4.31. The summed E-state index contributed by atoms with van der Waals surface area (Å²) in [6.45, 7) is 6.20. The van der Waals surface area contributed by atoms with Crippen LogP contribution in [0.1, 0.15) is 44.7 Å². The zero-order chi connectivity index (χ0) is 20.1. The van der Waals surface area contributed by atoms with Gasteiger partial charge in [0.15, 0.2) is 5.16 Å². The number of carbonyl (C=O) groups excluding carboxylic acids is 2. The third-order valence-electron chi connectivity index (χ3n) is 5.01. The second kappa shape index (κ2) is 9.27. The van der Waals surface area contributed by atoms with E-state index >= 15 is 0 Å². The van der Waals surface area contributed by atoms with E-state index in [9.17, 15) is 9.59 Å². The average Bonchev–Trinajstić information content (AvgIpc) is 3.31. The molecular weight excluding hydrogens is 378 g/mol. The number of aryl methyl sites for hydroxylation is 1. The number of carbonyl (C=O) groups is 2. The summed E-state index contributed by atoms with van der Waals surface area (Å²) in [7, 11) is 0. The fraction of sp³-hybridized carbons (Fsp3) is 0.579. The van der Waals surface area contributed by atoms with E-state index in [0.717, 1.165) is 31.7 Å². The highest BCUT2D eigenvalue weighted by Gasteiger charge is 2.27. The molecule has 1 atom stereocenters. The van der Waals surface area contributed by atoms with E-state index in [1.54, 1.807) is 6.26 Å². The maximum atomic E-state index is 12.8. The van der Waals surface area contributed by atoms with Crippen molar-refractivity contribution in [2.45, 2.75) is 56.5 Å². The van der Waals surface area contributed by atoms with Crippen molar-refractivity contribution in [3.05, 3.63) is 30.0 Å². The van der Waals surface area contributed by atoms with Gasteiger partial charge in [0, 0.05) is 25.9 Å². The Hall–Kier alpha value is -2.29. The monoisotopic (exact) mass is 405 g/mol. The van der Waals surface area contributed by atoms with Crippen molar-refractivity contribution in [1.29, 1.82) is 0 Å². The number of nitrogens with two attached hydrogens (primary N) is 1. The fourth-order valence-electron chi connectivity index (χ4n) is 3.24. The molecule has 2 aromatic heterocycles. The van der Waals surface area contributed by atoms with E-state index in [4.69, 9.17) is 10.2 Å². The van der Waals surface area contributed by atoms with E-state index in [2.05, 4.69) is 17.1 Å². The third kappa shape index (κ3) is 5.15. The molecule has 1 unspecified atom stereocenters. The average molecular weight is 406 g/mol. The Morgan fingerprint density at radius 2 is 2.11 bits per heavy atom. The lowest BCUT2D eigenvalue weighted by Crippen LogP contribution is -2.41. The van der Waals surface area contributed by atoms with E-state index in [1.807, 2.05) is 28.5 Å². The van der Waals surface area contributed by atoms with E-state index in [-0.39, 0.29) is 23.5 Å². The minimum absolute atomic E-state index is 0.128. The molecule has 0 spiro atoms. The first-order valence-corrected chi connectivity index (χ1v) is 10.5. The van der Waals surface area contributed by atoms with Crippen molar-refractivity contribution in [2.75, 3.05) is 13.1 Å². The van der Waals surface area contributed by atoms with E-state index in [0.29, 0.717) is 29.9 Å². The van der Waals surface area contributed by atoms with Gasteiger partial charge in [-0.3, -0.25) is 14.2 Å². The first-order valence-electron chi connectivity index (χ1n) is 9.62. The van der Waals surface area contributed by atoms with Crippen molar-refractivity contribution >= 4 is 23.6 Å². The molecule has 2 aromatic rings. The van der Waals surface area contributed by atoms with Crippen LogP contribution in [0.4, 0.5) is 0 Å². The first-order chi connectivity index (χ1) is 13.4. The summed E-state index contributed by atoms with van der Waals surface area (Å²) < 4.78 is 7.34. The minimum Gasteiger partial charge on any atom is -0.467 e. The zero-order valence-corrected chi connectivity index (χ0v) is 17.2. The Balaban J connectivity index is 1.72.